The first-order chi connectivity index (χ1) is 18.2. The van der Waals surface area contributed by atoms with E-state index in [0.29, 0.717) is 6.07 Å². The minimum Gasteiger partial charge on any atom is -0.323 e. The van der Waals surface area contributed by atoms with Crippen molar-refractivity contribution >= 4 is 22.8 Å². The highest BCUT2D eigenvalue weighted by atomic mass is 35.5. The maximum absolute atomic E-state index is 13.3. The number of imidazole rings is 1. The highest BCUT2D eigenvalue weighted by Gasteiger charge is 2.34. The number of aromatic nitrogens is 8. The Kier molecular flexibility index (Phi) is 7.81. The van der Waals surface area contributed by atoms with Crippen LogP contribution in [0, 0.1) is 5.82 Å². The van der Waals surface area contributed by atoms with Crippen molar-refractivity contribution in [3.05, 3.63) is 67.1 Å². The van der Waals surface area contributed by atoms with Crippen LogP contribution in [0.4, 0.5) is 30.7 Å². The van der Waals surface area contributed by atoms with Crippen LogP contribution < -0.4 is 11.2 Å². The van der Waals surface area contributed by atoms with E-state index in [-0.39, 0.29) is 60.3 Å². The quantitative estimate of drug-likeness (QED) is 0.238. The second kappa shape index (κ2) is 10.8. The van der Waals surface area contributed by atoms with Crippen molar-refractivity contribution in [2.24, 2.45) is 0 Å². The van der Waals surface area contributed by atoms with Gasteiger partial charge in [-0.3, -0.25) is 13.9 Å². The minimum absolute atomic E-state index is 0.00965. The van der Waals surface area contributed by atoms with Crippen molar-refractivity contribution in [3.8, 4) is 0 Å². The van der Waals surface area contributed by atoms with Crippen molar-refractivity contribution in [3.63, 3.8) is 0 Å². The molecule has 1 aromatic carbocycles. The van der Waals surface area contributed by atoms with Gasteiger partial charge >= 0.3 is 18.0 Å². The topological polar surface area (TPSA) is 116 Å². The molecule has 0 amide bonds. The number of alkyl halides is 6. The van der Waals surface area contributed by atoms with E-state index in [9.17, 15) is 40.3 Å². The summed E-state index contributed by atoms with van der Waals surface area (Å²) in [5.41, 5.74) is -3.43. The summed E-state index contributed by atoms with van der Waals surface area (Å²) in [4.78, 5) is 33.1. The molecule has 10 nitrogen and oxygen atoms in total. The van der Waals surface area contributed by atoms with Gasteiger partial charge < -0.3 is 4.98 Å². The van der Waals surface area contributed by atoms with Gasteiger partial charge in [0.2, 0.25) is 5.28 Å². The molecule has 0 saturated heterocycles. The van der Waals surface area contributed by atoms with Crippen LogP contribution in [0.15, 0.2) is 27.8 Å². The number of nitrogens with zero attached hydrogens (tertiary/aromatic N) is 7. The molecule has 0 radical (unpaired) electrons. The highest BCUT2D eigenvalue weighted by Crippen LogP contribution is 2.33. The van der Waals surface area contributed by atoms with E-state index in [4.69, 9.17) is 11.6 Å². The molecule has 0 bridgehead atoms. The van der Waals surface area contributed by atoms with E-state index in [1.54, 1.807) is 0 Å². The molecule has 4 rings (SSSR count). The van der Waals surface area contributed by atoms with E-state index >= 15 is 0 Å². The molecule has 0 aliphatic carbocycles. The van der Waals surface area contributed by atoms with Gasteiger partial charge in [0.05, 0.1) is 12.1 Å². The molecular weight excluding hydrogens is 565 g/mol. The Hall–Kier alpha value is -3.76. The summed E-state index contributed by atoms with van der Waals surface area (Å²) in [6.07, 6.45) is -11.1. The molecule has 39 heavy (non-hydrogen) atoms. The van der Waals surface area contributed by atoms with Gasteiger partial charge in [0.25, 0.3) is 5.56 Å². The molecule has 1 N–H and O–H groups in total. The summed E-state index contributed by atoms with van der Waals surface area (Å²) in [7, 11) is 0. The van der Waals surface area contributed by atoms with Crippen LogP contribution in [0.1, 0.15) is 36.2 Å². The average molecular weight is 583 g/mol. The normalized spacial score (nSPS) is 12.5. The summed E-state index contributed by atoms with van der Waals surface area (Å²) in [5, 5.41) is 11.2. The number of nitrogens with one attached hydrogen (secondary N) is 1. The average Bonchev–Trinajstić information content (AvgIpc) is 3.44. The molecule has 0 spiro atoms. The first kappa shape index (κ1) is 28.3. The SMILES string of the molecule is O=c1c2[nH]c(Cl)nc2n(CCCC(F)(F)F)c(=O)n1CCCn1nnc(Cc2ccc(F)cc2C(F)(F)F)n1. The number of benzene rings is 1. The molecule has 0 unspecified atom stereocenters. The Morgan fingerprint density at radius 3 is 2.38 bits per heavy atom. The van der Waals surface area contributed by atoms with Crippen LogP contribution in [-0.2, 0) is 32.2 Å². The van der Waals surface area contributed by atoms with Gasteiger partial charge in [0, 0.05) is 25.9 Å². The van der Waals surface area contributed by atoms with Crippen molar-refractivity contribution in [2.45, 2.75) is 57.7 Å². The van der Waals surface area contributed by atoms with Crippen molar-refractivity contribution in [1.82, 2.24) is 39.3 Å². The van der Waals surface area contributed by atoms with Crippen LogP contribution in [0.5, 0.6) is 0 Å². The van der Waals surface area contributed by atoms with Crippen LogP contribution in [-0.4, -0.2) is 45.5 Å². The van der Waals surface area contributed by atoms with Crippen molar-refractivity contribution in [1.29, 1.82) is 0 Å². The van der Waals surface area contributed by atoms with Gasteiger partial charge in [0.1, 0.15) is 5.82 Å². The molecule has 4 aromatic rings. The molecular formula is C21H18ClF7N8O2. The van der Waals surface area contributed by atoms with Crippen molar-refractivity contribution < 1.29 is 30.7 Å². The summed E-state index contributed by atoms with van der Waals surface area (Å²) in [6, 6.07) is 2.23. The number of fused-ring (bicyclic) bond motifs is 1. The zero-order valence-electron chi connectivity index (χ0n) is 19.7. The van der Waals surface area contributed by atoms with E-state index < -0.39 is 47.8 Å². The summed E-state index contributed by atoms with van der Waals surface area (Å²) >= 11 is 5.81. The number of tetrazole rings is 1. The number of halogens is 8. The van der Waals surface area contributed by atoms with E-state index in [1.165, 1.54) is 0 Å². The molecule has 0 fully saturated rings. The molecule has 3 heterocycles. The lowest BCUT2D eigenvalue weighted by atomic mass is 10.0. The fraction of sp³-hybridized carbons (Fsp3) is 0.429. The number of hydrogen-bond donors (Lipinski definition) is 1. The van der Waals surface area contributed by atoms with E-state index in [1.807, 2.05) is 0 Å². The van der Waals surface area contributed by atoms with Gasteiger partial charge in [0.15, 0.2) is 17.0 Å². The predicted octanol–water partition coefficient (Wildman–Crippen LogP) is 3.71. The van der Waals surface area contributed by atoms with Gasteiger partial charge in [-0.15, -0.1) is 10.2 Å². The summed E-state index contributed by atoms with van der Waals surface area (Å²) in [5.74, 6) is -1.13. The van der Waals surface area contributed by atoms with Gasteiger partial charge in [-0.05, 0) is 47.4 Å². The molecule has 0 saturated carbocycles. The summed E-state index contributed by atoms with van der Waals surface area (Å²) < 4.78 is 92.5. The van der Waals surface area contributed by atoms with E-state index in [0.717, 1.165) is 26.1 Å². The maximum Gasteiger partial charge on any atom is 0.416 e. The van der Waals surface area contributed by atoms with Crippen LogP contribution in [0.3, 0.4) is 0 Å². The third kappa shape index (κ3) is 6.63. The zero-order chi connectivity index (χ0) is 28.5. The fourth-order valence-electron chi connectivity index (χ4n) is 3.92. The molecule has 18 heteroatoms. The standard InChI is InChI=1S/C21H18ClF7N8O2/c22-18-30-15-16(31-18)35(6-1-5-20(24,25)26)19(39)36(17(15)38)7-2-8-37-33-14(32-34-37)9-11-3-4-12(23)10-13(11)21(27,28)29/h3-4,10H,1-2,5-9H2,(H,30,31). The maximum atomic E-state index is 13.3. The molecule has 0 atom stereocenters. The lowest BCUT2D eigenvalue weighted by Gasteiger charge is -2.12. The Bertz CT molecular complexity index is 1600. The summed E-state index contributed by atoms with van der Waals surface area (Å²) in [6.45, 7) is -0.575. The van der Waals surface area contributed by atoms with Gasteiger partial charge in [-0.25, -0.2) is 9.18 Å². The second-order valence-corrected chi connectivity index (χ2v) is 8.83. The van der Waals surface area contributed by atoms with Crippen LogP contribution in [0.25, 0.3) is 11.2 Å². The van der Waals surface area contributed by atoms with Crippen molar-refractivity contribution in [2.75, 3.05) is 0 Å². The van der Waals surface area contributed by atoms with Crippen LogP contribution >= 0.6 is 11.6 Å². The molecule has 210 valence electrons. The monoisotopic (exact) mass is 582 g/mol. The lowest BCUT2D eigenvalue weighted by molar-refractivity contribution is -0.138. The second-order valence-electron chi connectivity index (χ2n) is 8.47. The van der Waals surface area contributed by atoms with Crippen LogP contribution in [0.2, 0.25) is 5.28 Å². The molecule has 3 aromatic heterocycles. The third-order valence-corrected chi connectivity index (χ3v) is 5.81. The Balaban J connectivity index is 1.49. The number of hydrogen-bond acceptors (Lipinski definition) is 6. The number of H-pyrrole nitrogens is 1. The Morgan fingerprint density at radius 1 is 0.974 bits per heavy atom. The first-order valence-corrected chi connectivity index (χ1v) is 11.7. The van der Waals surface area contributed by atoms with Gasteiger partial charge in [-0.1, -0.05) is 6.07 Å². The lowest BCUT2D eigenvalue weighted by Crippen LogP contribution is -2.40. The highest BCUT2D eigenvalue weighted by molar-refractivity contribution is 6.28. The van der Waals surface area contributed by atoms with E-state index in [2.05, 4.69) is 25.4 Å². The molecule has 0 aliphatic heterocycles. The van der Waals surface area contributed by atoms with Gasteiger partial charge in [-0.2, -0.15) is 36.1 Å². The fourth-order valence-corrected chi connectivity index (χ4v) is 4.10. The smallest absolute Gasteiger partial charge is 0.323 e. The first-order valence-electron chi connectivity index (χ1n) is 11.3. The number of aryl methyl sites for hydroxylation is 2. The number of rotatable bonds is 9. The Morgan fingerprint density at radius 2 is 1.69 bits per heavy atom. The number of aromatic amines is 1. The third-order valence-electron chi connectivity index (χ3n) is 5.63. The largest absolute Gasteiger partial charge is 0.416 e. The zero-order valence-corrected chi connectivity index (χ0v) is 20.4. The Labute approximate surface area is 218 Å². The molecule has 0 aliphatic rings. The predicted molar refractivity (Wildman–Crippen MR) is 122 cm³/mol. The minimum atomic E-state index is -4.79.